The van der Waals surface area contributed by atoms with Crippen LogP contribution in [0.3, 0.4) is 0 Å². The summed E-state index contributed by atoms with van der Waals surface area (Å²) in [5, 5.41) is 17.9. The van der Waals surface area contributed by atoms with E-state index in [-0.39, 0.29) is 19.1 Å². The lowest BCUT2D eigenvalue weighted by Gasteiger charge is -2.17. The highest BCUT2D eigenvalue weighted by atomic mass is 16.6. The lowest BCUT2D eigenvalue weighted by Crippen LogP contribution is -2.22. The predicted molar refractivity (Wildman–Crippen MR) is 58.4 cm³/mol. The van der Waals surface area contributed by atoms with E-state index in [2.05, 4.69) is 0 Å². The molecule has 0 aromatic heterocycles. The van der Waals surface area contributed by atoms with Crippen molar-refractivity contribution in [2.45, 2.75) is 32.2 Å². The van der Waals surface area contributed by atoms with E-state index < -0.39 is 6.29 Å². The van der Waals surface area contributed by atoms with E-state index in [0.29, 0.717) is 0 Å². The van der Waals surface area contributed by atoms with Crippen molar-refractivity contribution >= 4 is 0 Å². The molecule has 0 aliphatic heterocycles. The first kappa shape index (κ1) is 12.2. The van der Waals surface area contributed by atoms with Crippen LogP contribution in [0, 0.1) is 0 Å². The summed E-state index contributed by atoms with van der Waals surface area (Å²) in [6.07, 6.45) is 0.116. The second-order valence-corrected chi connectivity index (χ2v) is 3.60. The molecule has 15 heavy (non-hydrogen) atoms. The van der Waals surface area contributed by atoms with Crippen LogP contribution in [0.25, 0.3) is 0 Å². The number of hydrogen-bond acceptors (Lipinski definition) is 3. The van der Waals surface area contributed by atoms with Gasteiger partial charge in [0.25, 0.3) is 0 Å². The van der Waals surface area contributed by atoms with Crippen molar-refractivity contribution in [2.24, 2.45) is 0 Å². The van der Waals surface area contributed by atoms with E-state index in [1.807, 2.05) is 37.3 Å². The average Bonchev–Trinajstić information content (AvgIpc) is 2.19. The maximum absolute atomic E-state index is 9.32. The second-order valence-electron chi connectivity index (χ2n) is 3.60. The zero-order valence-corrected chi connectivity index (χ0v) is 8.97. The largest absolute Gasteiger partial charge is 0.396 e. The maximum atomic E-state index is 9.32. The van der Waals surface area contributed by atoms with Crippen LogP contribution in [0.2, 0.25) is 0 Å². The Morgan fingerprint density at radius 1 is 1.27 bits per heavy atom. The molecule has 0 radical (unpaired) electrons. The van der Waals surface area contributed by atoms with Gasteiger partial charge in [0.15, 0.2) is 6.29 Å². The van der Waals surface area contributed by atoms with E-state index in [1.165, 1.54) is 5.56 Å². The van der Waals surface area contributed by atoms with Crippen LogP contribution in [0.15, 0.2) is 30.3 Å². The third kappa shape index (κ3) is 4.93. The van der Waals surface area contributed by atoms with Crippen molar-refractivity contribution in [3.05, 3.63) is 35.9 Å². The molecule has 0 aliphatic rings. The Labute approximate surface area is 90.3 Å². The van der Waals surface area contributed by atoms with Crippen LogP contribution in [0.1, 0.15) is 18.9 Å². The molecule has 1 aromatic rings. The van der Waals surface area contributed by atoms with Crippen molar-refractivity contribution in [1.82, 2.24) is 0 Å². The fourth-order valence-corrected chi connectivity index (χ4v) is 1.44. The number of aliphatic hydroxyl groups excluding tert-OH is 2. The summed E-state index contributed by atoms with van der Waals surface area (Å²) in [6.45, 7) is 1.85. The summed E-state index contributed by atoms with van der Waals surface area (Å²) < 4.78 is 5.29. The normalized spacial score (nSPS) is 14.9. The van der Waals surface area contributed by atoms with Gasteiger partial charge in [0.05, 0.1) is 6.10 Å². The van der Waals surface area contributed by atoms with Gasteiger partial charge >= 0.3 is 0 Å². The summed E-state index contributed by atoms with van der Waals surface area (Å²) in [4.78, 5) is 0. The fraction of sp³-hybridized carbons (Fsp3) is 0.500. The SMILES string of the molecule is CC(Cc1ccccc1)OC(O)CCO. The molecule has 1 rings (SSSR count). The summed E-state index contributed by atoms with van der Waals surface area (Å²) in [5.74, 6) is 0. The molecular weight excluding hydrogens is 192 g/mol. The smallest absolute Gasteiger partial charge is 0.157 e. The molecular formula is C12H18O3. The van der Waals surface area contributed by atoms with Gasteiger partial charge in [-0.15, -0.1) is 0 Å². The van der Waals surface area contributed by atoms with Gasteiger partial charge in [-0.3, -0.25) is 0 Å². The van der Waals surface area contributed by atoms with Crippen molar-refractivity contribution in [1.29, 1.82) is 0 Å². The first-order valence-electron chi connectivity index (χ1n) is 5.20. The molecule has 0 spiro atoms. The van der Waals surface area contributed by atoms with Crippen LogP contribution in [0.4, 0.5) is 0 Å². The van der Waals surface area contributed by atoms with Crippen molar-refractivity contribution in [3.63, 3.8) is 0 Å². The quantitative estimate of drug-likeness (QED) is 0.696. The number of benzene rings is 1. The third-order valence-electron chi connectivity index (χ3n) is 2.13. The number of ether oxygens (including phenoxy) is 1. The molecule has 2 atom stereocenters. The average molecular weight is 210 g/mol. The van der Waals surface area contributed by atoms with E-state index in [0.717, 1.165) is 6.42 Å². The molecule has 0 saturated carbocycles. The molecule has 0 saturated heterocycles. The Morgan fingerprint density at radius 2 is 1.93 bits per heavy atom. The molecule has 0 fully saturated rings. The van der Waals surface area contributed by atoms with Gasteiger partial charge in [-0.25, -0.2) is 0 Å². The monoisotopic (exact) mass is 210 g/mol. The van der Waals surface area contributed by atoms with Gasteiger partial charge in [0.1, 0.15) is 0 Å². The predicted octanol–water partition coefficient (Wildman–Crippen LogP) is 1.33. The van der Waals surface area contributed by atoms with E-state index in [4.69, 9.17) is 9.84 Å². The van der Waals surface area contributed by atoms with E-state index >= 15 is 0 Å². The van der Waals surface area contributed by atoms with Gasteiger partial charge < -0.3 is 14.9 Å². The molecule has 2 unspecified atom stereocenters. The highest BCUT2D eigenvalue weighted by Gasteiger charge is 2.09. The van der Waals surface area contributed by atoms with Crippen molar-refractivity contribution in [3.8, 4) is 0 Å². The molecule has 0 aliphatic carbocycles. The summed E-state index contributed by atoms with van der Waals surface area (Å²) in [6, 6.07) is 9.98. The highest BCUT2D eigenvalue weighted by molar-refractivity contribution is 5.15. The van der Waals surface area contributed by atoms with Crippen LogP contribution in [0.5, 0.6) is 0 Å². The van der Waals surface area contributed by atoms with Gasteiger partial charge in [-0.1, -0.05) is 30.3 Å². The lowest BCUT2D eigenvalue weighted by molar-refractivity contribution is -0.137. The Morgan fingerprint density at radius 3 is 2.53 bits per heavy atom. The topological polar surface area (TPSA) is 49.7 Å². The van der Waals surface area contributed by atoms with E-state index in [9.17, 15) is 5.11 Å². The van der Waals surface area contributed by atoms with Crippen LogP contribution < -0.4 is 0 Å². The van der Waals surface area contributed by atoms with Gasteiger partial charge in [-0.05, 0) is 18.9 Å². The second kappa shape index (κ2) is 6.56. The lowest BCUT2D eigenvalue weighted by atomic mass is 10.1. The molecule has 0 amide bonds. The summed E-state index contributed by atoms with van der Waals surface area (Å²) in [5.41, 5.74) is 1.18. The minimum absolute atomic E-state index is 0.0473. The first-order valence-corrected chi connectivity index (χ1v) is 5.20. The van der Waals surface area contributed by atoms with Crippen LogP contribution >= 0.6 is 0 Å². The van der Waals surface area contributed by atoms with Gasteiger partial charge in [0, 0.05) is 13.0 Å². The number of aliphatic hydroxyl groups is 2. The molecule has 0 heterocycles. The van der Waals surface area contributed by atoms with Crippen LogP contribution in [-0.2, 0) is 11.2 Å². The Balaban J connectivity index is 2.33. The maximum Gasteiger partial charge on any atom is 0.157 e. The zero-order valence-electron chi connectivity index (χ0n) is 8.97. The zero-order chi connectivity index (χ0) is 11.1. The van der Waals surface area contributed by atoms with Gasteiger partial charge in [-0.2, -0.15) is 0 Å². The minimum Gasteiger partial charge on any atom is -0.396 e. The number of hydrogen-bond donors (Lipinski definition) is 2. The molecule has 1 aromatic carbocycles. The van der Waals surface area contributed by atoms with Gasteiger partial charge in [0.2, 0.25) is 0 Å². The summed E-state index contributed by atoms with van der Waals surface area (Å²) in [7, 11) is 0. The Bertz CT molecular complexity index is 261. The van der Waals surface area contributed by atoms with Crippen LogP contribution in [-0.4, -0.2) is 29.2 Å². The van der Waals surface area contributed by atoms with E-state index in [1.54, 1.807) is 0 Å². The Hall–Kier alpha value is -0.900. The first-order chi connectivity index (χ1) is 7.22. The van der Waals surface area contributed by atoms with Crippen molar-refractivity contribution in [2.75, 3.05) is 6.61 Å². The number of rotatable bonds is 6. The van der Waals surface area contributed by atoms with Crippen molar-refractivity contribution < 1.29 is 14.9 Å². The molecule has 84 valence electrons. The molecule has 3 nitrogen and oxygen atoms in total. The standard InChI is InChI=1S/C12H18O3/c1-10(15-12(14)7-8-13)9-11-5-3-2-4-6-11/h2-6,10,12-14H,7-9H2,1H3. The third-order valence-corrected chi connectivity index (χ3v) is 2.13. The minimum atomic E-state index is -0.867. The Kier molecular flexibility index (Phi) is 5.32. The molecule has 0 bridgehead atoms. The summed E-state index contributed by atoms with van der Waals surface area (Å²) >= 11 is 0. The molecule has 3 heteroatoms. The fourth-order valence-electron chi connectivity index (χ4n) is 1.44. The highest BCUT2D eigenvalue weighted by Crippen LogP contribution is 2.07. The molecule has 2 N–H and O–H groups in total.